The molecule has 0 fully saturated rings. The van der Waals surface area contributed by atoms with E-state index in [0.29, 0.717) is 0 Å². The van der Waals surface area contributed by atoms with Gasteiger partial charge in [0.25, 0.3) is 0 Å². The van der Waals surface area contributed by atoms with Crippen molar-refractivity contribution in [1.29, 1.82) is 0 Å². The molecule has 1 aliphatic rings. The lowest BCUT2D eigenvalue weighted by molar-refractivity contribution is -0.492. The first kappa shape index (κ1) is 24.2. The number of hydrogen-bond donors (Lipinski definition) is 0. The molecule has 1 amide bonds. The van der Waals surface area contributed by atoms with E-state index in [1.807, 2.05) is 54.6 Å². The van der Waals surface area contributed by atoms with Gasteiger partial charge in [-0.3, -0.25) is 10.1 Å². The molecule has 3 atom stereocenters. The minimum Gasteiger partial charge on any atom is -0.611 e. The molecule has 1 aliphatic heterocycles. The zero-order valence-electron chi connectivity index (χ0n) is 18.8. The minimum absolute atomic E-state index is 0.00941. The van der Waals surface area contributed by atoms with Gasteiger partial charge < -0.3 is 19.4 Å². The molecule has 0 saturated heterocycles. The van der Waals surface area contributed by atoms with E-state index < -0.39 is 35.0 Å². The molecule has 0 saturated carbocycles. The van der Waals surface area contributed by atoms with E-state index in [2.05, 4.69) is 0 Å². The molecule has 3 aromatic rings. The van der Waals surface area contributed by atoms with Gasteiger partial charge >= 0.3 is 11.7 Å². The van der Waals surface area contributed by atoms with Crippen LogP contribution < -0.4 is 0 Å². The average Bonchev–Trinajstić information content (AvgIpc) is 2.89. The normalized spacial score (nSPS) is 20.1. The Morgan fingerprint density at radius 3 is 1.51 bits per heavy atom. The van der Waals surface area contributed by atoms with Gasteiger partial charge in [0.2, 0.25) is 12.2 Å². The summed E-state index contributed by atoms with van der Waals surface area (Å²) in [4.78, 5) is 23.9. The van der Waals surface area contributed by atoms with Crippen molar-refractivity contribution < 1.29 is 28.7 Å². The number of nitro groups is 1. The molecular weight excluding hydrogens is 452 g/mol. The molecule has 4 rings (SSSR count). The number of nitrogens with zero attached hydrogens (tertiary/aromatic N) is 2. The molecule has 3 aromatic carbocycles. The van der Waals surface area contributed by atoms with Crippen LogP contribution in [0, 0.1) is 15.3 Å². The number of carbonyl (C=O) groups is 1. The van der Waals surface area contributed by atoms with E-state index >= 15 is 0 Å². The molecule has 0 aromatic heterocycles. The van der Waals surface area contributed by atoms with E-state index in [1.54, 1.807) is 36.4 Å². The number of hydrogen-bond acceptors (Lipinski definition) is 7. The van der Waals surface area contributed by atoms with Crippen molar-refractivity contribution in [2.75, 3.05) is 0 Å². The monoisotopic (exact) mass is 476 g/mol. The van der Waals surface area contributed by atoms with Crippen LogP contribution in [0.2, 0.25) is 0 Å². The largest absolute Gasteiger partial charge is 0.611 e. The average molecular weight is 476 g/mol. The van der Waals surface area contributed by atoms with Crippen LogP contribution in [0.4, 0.5) is 0 Å². The van der Waals surface area contributed by atoms with Gasteiger partial charge in [-0.2, -0.15) is 0 Å². The highest BCUT2D eigenvalue weighted by Gasteiger charge is 2.57. The highest BCUT2D eigenvalue weighted by molar-refractivity contribution is 5.88. The zero-order valence-corrected chi connectivity index (χ0v) is 18.8. The third-order valence-corrected chi connectivity index (χ3v) is 5.52. The van der Waals surface area contributed by atoms with Crippen molar-refractivity contribution in [1.82, 2.24) is 0 Å². The van der Waals surface area contributed by atoms with Gasteiger partial charge in [-0.05, 0) is 16.7 Å². The van der Waals surface area contributed by atoms with Crippen LogP contribution in [0.15, 0.2) is 91.0 Å². The number of ether oxygens (including phenoxy) is 3. The highest BCUT2D eigenvalue weighted by Crippen LogP contribution is 2.24. The lowest BCUT2D eigenvalue weighted by atomic mass is 10.0. The summed E-state index contributed by atoms with van der Waals surface area (Å²) in [6.45, 7) is 0.0238. The summed E-state index contributed by atoms with van der Waals surface area (Å²) in [6.07, 6.45) is -4.06. The summed E-state index contributed by atoms with van der Waals surface area (Å²) in [5.41, 5.74) is 2.30. The predicted octanol–water partition coefficient (Wildman–Crippen LogP) is 3.47. The fourth-order valence-corrected chi connectivity index (χ4v) is 3.77. The summed E-state index contributed by atoms with van der Waals surface area (Å²) in [6, 6.07) is 27.2. The Morgan fingerprint density at radius 2 is 1.09 bits per heavy atom. The summed E-state index contributed by atoms with van der Waals surface area (Å²) in [7, 11) is 0. The third-order valence-electron chi connectivity index (χ3n) is 5.52. The van der Waals surface area contributed by atoms with E-state index in [1.165, 1.54) is 0 Å². The van der Waals surface area contributed by atoms with E-state index in [4.69, 9.17) is 14.2 Å². The number of carbonyl (C=O) groups excluding carboxylic acids is 1. The molecular formula is C26H24N2O7. The van der Waals surface area contributed by atoms with Gasteiger partial charge in [0.15, 0.2) is 0 Å². The van der Waals surface area contributed by atoms with Crippen molar-refractivity contribution in [2.24, 2.45) is 0 Å². The number of amides is 1. The lowest BCUT2D eigenvalue weighted by Gasteiger charge is -2.31. The molecule has 0 N–H and O–H groups in total. The highest BCUT2D eigenvalue weighted by atomic mass is 16.6. The van der Waals surface area contributed by atoms with Crippen molar-refractivity contribution in [3.8, 4) is 0 Å². The van der Waals surface area contributed by atoms with Gasteiger partial charge in [-0.25, -0.2) is 4.79 Å². The van der Waals surface area contributed by atoms with Gasteiger partial charge in [0.05, 0.1) is 19.8 Å². The van der Waals surface area contributed by atoms with Crippen LogP contribution in [-0.4, -0.2) is 39.7 Å². The van der Waals surface area contributed by atoms with E-state index in [0.717, 1.165) is 16.7 Å². The molecule has 9 nitrogen and oxygen atoms in total. The van der Waals surface area contributed by atoms with Gasteiger partial charge in [0.1, 0.15) is 11.0 Å². The minimum atomic E-state index is -1.44. The van der Waals surface area contributed by atoms with Crippen LogP contribution in [0.5, 0.6) is 0 Å². The molecule has 0 bridgehead atoms. The maximum Gasteiger partial charge on any atom is 0.522 e. The zero-order chi connectivity index (χ0) is 24.6. The van der Waals surface area contributed by atoms with Gasteiger partial charge in [0, 0.05) is 0 Å². The Hall–Kier alpha value is -3.92. The maximum absolute atomic E-state index is 12.9. The lowest BCUT2D eigenvalue weighted by Crippen LogP contribution is -2.60. The van der Waals surface area contributed by atoms with Crippen LogP contribution in [-0.2, 0) is 38.8 Å². The second kappa shape index (κ2) is 11.5. The van der Waals surface area contributed by atoms with Crippen LogP contribution in [0.3, 0.4) is 0 Å². The van der Waals surface area contributed by atoms with Crippen LogP contribution in [0.1, 0.15) is 16.7 Å². The molecule has 180 valence electrons. The smallest absolute Gasteiger partial charge is 0.522 e. The Balaban J connectivity index is 1.65. The van der Waals surface area contributed by atoms with Crippen molar-refractivity contribution in [3.63, 3.8) is 0 Å². The summed E-state index contributed by atoms with van der Waals surface area (Å²) in [5, 5.41) is 24.5. The number of hydroxylamine groups is 1. The third kappa shape index (κ3) is 5.96. The first-order valence-electron chi connectivity index (χ1n) is 11.0. The number of benzene rings is 3. The molecule has 1 heterocycles. The van der Waals surface area contributed by atoms with E-state index in [9.17, 15) is 20.1 Å². The Kier molecular flexibility index (Phi) is 7.94. The standard InChI is InChI=1S/C26H24N2O7/c29-26-24(35-18-21-14-8-3-9-15-21)22(33-16-19-10-4-1-5-11-19)23(25(27(26)30)28(31)32)34-17-20-12-6-2-7-13-20/h1-15,22-24H,16-18H2/t22-,23+,24+/m0/s1. The Labute approximate surface area is 201 Å². The molecule has 0 spiro atoms. The number of rotatable bonds is 9. The van der Waals surface area contributed by atoms with Crippen molar-refractivity contribution in [3.05, 3.63) is 123 Å². The molecule has 0 radical (unpaired) electrons. The molecule has 0 aliphatic carbocycles. The van der Waals surface area contributed by atoms with Crippen LogP contribution >= 0.6 is 0 Å². The quantitative estimate of drug-likeness (QED) is 0.201. The first-order chi connectivity index (χ1) is 17.0. The molecule has 9 heteroatoms. The second-order valence-electron chi connectivity index (χ2n) is 7.94. The van der Waals surface area contributed by atoms with Crippen LogP contribution in [0.25, 0.3) is 0 Å². The van der Waals surface area contributed by atoms with Gasteiger partial charge in [-0.15, -0.1) is 0 Å². The van der Waals surface area contributed by atoms with E-state index in [-0.39, 0.29) is 24.6 Å². The van der Waals surface area contributed by atoms with Crippen molar-refractivity contribution in [2.45, 2.75) is 38.1 Å². The fraction of sp³-hybridized carbons (Fsp3) is 0.231. The second-order valence-corrected chi connectivity index (χ2v) is 7.94. The van der Waals surface area contributed by atoms with Gasteiger partial charge in [-0.1, -0.05) is 95.7 Å². The van der Waals surface area contributed by atoms with Crippen molar-refractivity contribution >= 4 is 11.7 Å². The Morgan fingerprint density at radius 1 is 0.686 bits per heavy atom. The molecule has 35 heavy (non-hydrogen) atoms. The fourth-order valence-electron chi connectivity index (χ4n) is 3.77. The SMILES string of the molecule is O=C1[C@H](OCc2ccccc2)[C@@H](OCc2ccccc2)[C@@H](OCc2ccccc2)C([N+](=O)[O-])=[N+]1[O-]. The summed E-state index contributed by atoms with van der Waals surface area (Å²) < 4.78 is 17.5. The number of amidine groups is 1. The maximum atomic E-state index is 12.9. The topological polar surface area (TPSA) is 114 Å². The predicted molar refractivity (Wildman–Crippen MR) is 126 cm³/mol. The Bertz CT molecular complexity index is 1170. The first-order valence-corrected chi connectivity index (χ1v) is 11.0. The summed E-state index contributed by atoms with van der Waals surface area (Å²) in [5.74, 6) is -2.03. The molecule has 0 unspecified atom stereocenters. The summed E-state index contributed by atoms with van der Waals surface area (Å²) >= 11 is 0.